The van der Waals surface area contributed by atoms with E-state index >= 15 is 0 Å². The molecule has 0 heterocycles. The maximum Gasteiger partial charge on any atom is 0.252 e. The van der Waals surface area contributed by atoms with E-state index in [9.17, 15) is 13.6 Å². The highest BCUT2D eigenvalue weighted by molar-refractivity contribution is 9.10. The van der Waals surface area contributed by atoms with Crippen LogP contribution >= 0.6 is 27.5 Å². The summed E-state index contributed by atoms with van der Waals surface area (Å²) < 4.78 is 25.1. The molecule has 12 heavy (non-hydrogen) atoms. The first-order valence-electron chi connectivity index (χ1n) is 2.86. The zero-order valence-electron chi connectivity index (χ0n) is 5.57. The van der Waals surface area contributed by atoms with Gasteiger partial charge in [0.2, 0.25) is 0 Å². The first kappa shape index (κ1) is 9.61. The summed E-state index contributed by atoms with van der Waals surface area (Å²) in [5, 5.41) is -0.889. The minimum atomic E-state index is -0.889. The predicted octanol–water partition coefficient (Wildman–Crippen LogP) is 3.11. The second kappa shape index (κ2) is 3.49. The van der Waals surface area contributed by atoms with E-state index in [-0.39, 0.29) is 10.0 Å². The second-order valence-corrected chi connectivity index (χ2v) is 3.16. The van der Waals surface area contributed by atoms with Gasteiger partial charge in [-0.05, 0) is 39.7 Å². The Hall–Kier alpha value is -0.480. The van der Waals surface area contributed by atoms with Crippen molar-refractivity contribution in [1.29, 1.82) is 0 Å². The molecular formula is C7H2BrClF2O. The Labute approximate surface area is 80.5 Å². The van der Waals surface area contributed by atoms with Crippen LogP contribution in [0.5, 0.6) is 0 Å². The molecule has 64 valence electrons. The second-order valence-electron chi connectivity index (χ2n) is 2.03. The molecule has 1 rings (SSSR count). The van der Waals surface area contributed by atoms with Crippen molar-refractivity contribution in [1.82, 2.24) is 0 Å². The third kappa shape index (κ3) is 1.81. The molecule has 0 bridgehead atoms. The first-order valence-corrected chi connectivity index (χ1v) is 4.04. The van der Waals surface area contributed by atoms with Gasteiger partial charge in [-0.2, -0.15) is 0 Å². The van der Waals surface area contributed by atoms with Crippen LogP contribution in [-0.4, -0.2) is 5.24 Å². The molecule has 0 spiro atoms. The van der Waals surface area contributed by atoms with Gasteiger partial charge in [-0.25, -0.2) is 8.78 Å². The van der Waals surface area contributed by atoms with E-state index in [1.807, 2.05) is 0 Å². The molecule has 0 unspecified atom stereocenters. The SMILES string of the molecule is O=C(Cl)c1cc(F)c(Br)c(F)c1. The van der Waals surface area contributed by atoms with E-state index in [0.29, 0.717) is 0 Å². The molecule has 1 nitrogen and oxygen atoms in total. The molecule has 1 aromatic carbocycles. The van der Waals surface area contributed by atoms with Crippen molar-refractivity contribution in [3.8, 4) is 0 Å². The Morgan fingerprint density at radius 3 is 2.08 bits per heavy atom. The zero-order valence-corrected chi connectivity index (χ0v) is 7.92. The molecule has 0 atom stereocenters. The molecule has 5 heteroatoms. The molecule has 0 aromatic heterocycles. The fraction of sp³-hybridized carbons (Fsp3) is 0. The highest BCUT2D eigenvalue weighted by Gasteiger charge is 2.11. The average Bonchev–Trinajstić information content (AvgIpc) is 1.99. The topological polar surface area (TPSA) is 17.1 Å². The van der Waals surface area contributed by atoms with E-state index in [1.54, 1.807) is 0 Å². The summed E-state index contributed by atoms with van der Waals surface area (Å²) in [4.78, 5) is 10.5. The van der Waals surface area contributed by atoms with Crippen LogP contribution in [0.15, 0.2) is 16.6 Å². The summed E-state index contributed by atoms with van der Waals surface area (Å²) in [6, 6.07) is 1.73. The van der Waals surface area contributed by atoms with Crippen molar-refractivity contribution in [2.75, 3.05) is 0 Å². The summed E-state index contributed by atoms with van der Waals surface area (Å²) in [5.74, 6) is -1.70. The standard InChI is InChI=1S/C7H2BrClF2O/c8-6-4(10)1-3(7(9)12)2-5(6)11/h1-2H. The summed E-state index contributed by atoms with van der Waals surface area (Å²) in [5.41, 5.74) is -0.199. The van der Waals surface area contributed by atoms with Crippen molar-refractivity contribution in [2.24, 2.45) is 0 Å². The lowest BCUT2D eigenvalue weighted by molar-refractivity contribution is 0.108. The van der Waals surface area contributed by atoms with E-state index in [0.717, 1.165) is 12.1 Å². The number of hydrogen-bond acceptors (Lipinski definition) is 1. The zero-order chi connectivity index (χ0) is 9.30. The number of carbonyl (C=O) groups is 1. The summed E-state index contributed by atoms with van der Waals surface area (Å²) in [7, 11) is 0. The van der Waals surface area contributed by atoms with Gasteiger partial charge < -0.3 is 0 Å². The lowest BCUT2D eigenvalue weighted by Gasteiger charge is -1.98. The van der Waals surface area contributed by atoms with E-state index < -0.39 is 16.9 Å². The van der Waals surface area contributed by atoms with Gasteiger partial charge in [-0.3, -0.25) is 4.79 Å². The number of rotatable bonds is 1. The van der Waals surface area contributed by atoms with Crippen LogP contribution in [0.25, 0.3) is 0 Å². The van der Waals surface area contributed by atoms with Crippen LogP contribution in [0.3, 0.4) is 0 Å². The molecule has 0 radical (unpaired) electrons. The molecule has 0 aliphatic heterocycles. The van der Waals surface area contributed by atoms with Crippen molar-refractivity contribution < 1.29 is 13.6 Å². The van der Waals surface area contributed by atoms with Gasteiger partial charge in [0.05, 0.1) is 4.47 Å². The lowest BCUT2D eigenvalue weighted by Crippen LogP contribution is -1.93. The van der Waals surface area contributed by atoms with E-state index in [1.165, 1.54) is 0 Å². The monoisotopic (exact) mass is 254 g/mol. The fourth-order valence-electron chi connectivity index (χ4n) is 0.669. The molecule has 0 aliphatic carbocycles. The Bertz CT molecular complexity index is 317. The van der Waals surface area contributed by atoms with Crippen LogP contribution in [0.1, 0.15) is 10.4 Å². The van der Waals surface area contributed by atoms with Gasteiger partial charge in [0.25, 0.3) is 5.24 Å². The minimum absolute atomic E-state index is 0.199. The number of hydrogen-bond donors (Lipinski definition) is 0. The smallest absolute Gasteiger partial charge is 0.252 e. The van der Waals surface area contributed by atoms with Gasteiger partial charge in [0.15, 0.2) is 0 Å². The predicted molar refractivity (Wildman–Crippen MR) is 44.2 cm³/mol. The average molecular weight is 255 g/mol. The largest absolute Gasteiger partial charge is 0.276 e. The number of carbonyl (C=O) groups excluding carboxylic acids is 1. The Morgan fingerprint density at radius 2 is 1.75 bits per heavy atom. The van der Waals surface area contributed by atoms with Gasteiger partial charge in [0, 0.05) is 5.56 Å². The third-order valence-electron chi connectivity index (χ3n) is 1.21. The van der Waals surface area contributed by atoms with E-state index in [2.05, 4.69) is 15.9 Å². The number of benzene rings is 1. The fourth-order valence-corrected chi connectivity index (χ4v) is 1.01. The highest BCUT2D eigenvalue weighted by Crippen LogP contribution is 2.21. The molecule has 0 aliphatic rings. The molecule has 0 saturated carbocycles. The molecular weight excluding hydrogens is 253 g/mol. The maximum atomic E-state index is 12.7. The quantitative estimate of drug-likeness (QED) is 0.557. The summed E-state index contributed by atoms with van der Waals surface area (Å²) in [6.45, 7) is 0. The number of halogens is 4. The van der Waals surface area contributed by atoms with Crippen molar-refractivity contribution in [2.45, 2.75) is 0 Å². The molecule has 1 aromatic rings. The van der Waals surface area contributed by atoms with Gasteiger partial charge >= 0.3 is 0 Å². The van der Waals surface area contributed by atoms with Crippen molar-refractivity contribution >= 4 is 32.8 Å². The maximum absolute atomic E-state index is 12.7. The van der Waals surface area contributed by atoms with Crippen LogP contribution in [0, 0.1) is 11.6 Å². The first-order chi connectivity index (χ1) is 5.52. The molecule has 0 N–H and O–H groups in total. The Balaban J connectivity index is 3.31. The lowest BCUT2D eigenvalue weighted by atomic mass is 10.2. The molecule has 0 amide bonds. The highest BCUT2D eigenvalue weighted by atomic mass is 79.9. The van der Waals surface area contributed by atoms with Gasteiger partial charge in [-0.1, -0.05) is 0 Å². The van der Waals surface area contributed by atoms with Crippen LogP contribution in [0.4, 0.5) is 8.78 Å². The Morgan fingerprint density at radius 1 is 1.33 bits per heavy atom. The molecule has 0 saturated heterocycles. The van der Waals surface area contributed by atoms with Gasteiger partial charge in [-0.15, -0.1) is 0 Å². The van der Waals surface area contributed by atoms with Gasteiger partial charge in [0.1, 0.15) is 11.6 Å². The van der Waals surface area contributed by atoms with E-state index in [4.69, 9.17) is 11.6 Å². The summed E-state index contributed by atoms with van der Waals surface area (Å²) in [6.07, 6.45) is 0. The normalized spacial score (nSPS) is 10.0. The van der Waals surface area contributed by atoms with Crippen molar-refractivity contribution in [3.05, 3.63) is 33.8 Å². The van der Waals surface area contributed by atoms with Crippen molar-refractivity contribution in [3.63, 3.8) is 0 Å². The van der Waals surface area contributed by atoms with Crippen LogP contribution < -0.4 is 0 Å². The van der Waals surface area contributed by atoms with Crippen LogP contribution in [0.2, 0.25) is 0 Å². The van der Waals surface area contributed by atoms with Crippen LogP contribution in [-0.2, 0) is 0 Å². The third-order valence-corrected chi connectivity index (χ3v) is 2.19. The Kier molecular flexibility index (Phi) is 2.80. The minimum Gasteiger partial charge on any atom is -0.276 e. The summed E-state index contributed by atoms with van der Waals surface area (Å²) >= 11 is 7.67. The molecule has 0 fully saturated rings.